The van der Waals surface area contributed by atoms with E-state index in [1.807, 2.05) is 0 Å². The Labute approximate surface area is 139 Å². The Hall–Kier alpha value is -2.57. The average molecular weight is 332 g/mol. The van der Waals surface area contributed by atoms with E-state index in [1.165, 1.54) is 4.90 Å². The second kappa shape index (κ2) is 6.51. The van der Waals surface area contributed by atoms with E-state index in [0.29, 0.717) is 30.8 Å². The van der Waals surface area contributed by atoms with Gasteiger partial charge in [-0.2, -0.15) is 0 Å². The molecule has 0 aliphatic carbocycles. The molecule has 2 fully saturated rings. The number of anilines is 1. The number of hydrogen-bond donors (Lipinski definition) is 1. The number of amides is 2. The number of ether oxygens (including phenoxy) is 1. The van der Waals surface area contributed by atoms with Crippen LogP contribution in [-0.2, 0) is 14.4 Å². The number of carbonyl (C=O) groups is 3. The molecule has 0 radical (unpaired) electrons. The highest BCUT2D eigenvalue weighted by atomic mass is 16.5. The van der Waals surface area contributed by atoms with Crippen molar-refractivity contribution >= 4 is 23.5 Å². The van der Waals surface area contributed by atoms with Crippen molar-refractivity contribution in [1.82, 2.24) is 4.90 Å². The normalized spacial score (nSPS) is 23.6. The number of benzene rings is 1. The third kappa shape index (κ3) is 2.93. The van der Waals surface area contributed by atoms with E-state index in [0.717, 1.165) is 0 Å². The van der Waals surface area contributed by atoms with E-state index in [-0.39, 0.29) is 24.8 Å². The summed E-state index contributed by atoms with van der Waals surface area (Å²) in [6, 6.07) is 6.32. The Morgan fingerprint density at radius 3 is 2.58 bits per heavy atom. The lowest BCUT2D eigenvalue weighted by Crippen LogP contribution is -2.44. The second-order valence-electron chi connectivity index (χ2n) is 6.13. The molecule has 0 unspecified atom stereocenters. The summed E-state index contributed by atoms with van der Waals surface area (Å²) >= 11 is 0. The molecular formula is C17H20N2O5. The zero-order valence-electron chi connectivity index (χ0n) is 13.5. The summed E-state index contributed by atoms with van der Waals surface area (Å²) in [5, 5.41) is 9.22. The van der Waals surface area contributed by atoms with Gasteiger partial charge >= 0.3 is 5.97 Å². The summed E-state index contributed by atoms with van der Waals surface area (Å²) < 4.78 is 5.10. The van der Waals surface area contributed by atoms with Crippen LogP contribution in [0.5, 0.6) is 5.75 Å². The van der Waals surface area contributed by atoms with Crippen LogP contribution in [0.1, 0.15) is 19.3 Å². The third-order valence-corrected chi connectivity index (χ3v) is 4.68. The molecule has 0 spiro atoms. The quantitative estimate of drug-likeness (QED) is 0.893. The first-order valence-corrected chi connectivity index (χ1v) is 7.99. The van der Waals surface area contributed by atoms with Crippen molar-refractivity contribution in [3.8, 4) is 5.75 Å². The summed E-state index contributed by atoms with van der Waals surface area (Å²) in [5.41, 5.74) is 0.715. The van der Waals surface area contributed by atoms with Gasteiger partial charge in [-0.15, -0.1) is 0 Å². The van der Waals surface area contributed by atoms with Gasteiger partial charge in [0.05, 0.1) is 13.0 Å². The summed E-state index contributed by atoms with van der Waals surface area (Å²) in [6.45, 7) is 0.732. The lowest BCUT2D eigenvalue weighted by molar-refractivity contribution is -0.149. The van der Waals surface area contributed by atoms with Crippen LogP contribution in [0.25, 0.3) is 0 Å². The van der Waals surface area contributed by atoms with Crippen molar-refractivity contribution < 1.29 is 24.2 Å². The number of aliphatic carboxylic acids is 1. The summed E-state index contributed by atoms with van der Waals surface area (Å²) in [7, 11) is 1.57. The molecule has 2 aliphatic heterocycles. The zero-order valence-corrected chi connectivity index (χ0v) is 13.5. The molecule has 1 aromatic carbocycles. The number of likely N-dealkylation sites (tertiary alicyclic amines) is 1. The highest BCUT2D eigenvalue weighted by molar-refractivity contribution is 6.01. The largest absolute Gasteiger partial charge is 0.497 e. The fraction of sp³-hybridized carbons (Fsp3) is 0.471. The minimum absolute atomic E-state index is 0.119. The maximum atomic E-state index is 12.6. The molecule has 3 rings (SSSR count). The second-order valence-corrected chi connectivity index (χ2v) is 6.13. The topological polar surface area (TPSA) is 87.2 Å². The molecule has 2 aliphatic rings. The number of carboxylic acid groups (broad SMARTS) is 1. The predicted octanol–water partition coefficient (Wildman–Crippen LogP) is 1.12. The fourth-order valence-corrected chi connectivity index (χ4v) is 3.41. The minimum Gasteiger partial charge on any atom is -0.497 e. The van der Waals surface area contributed by atoms with E-state index < -0.39 is 17.9 Å². The molecule has 2 heterocycles. The van der Waals surface area contributed by atoms with Crippen LogP contribution in [0.15, 0.2) is 24.3 Å². The summed E-state index contributed by atoms with van der Waals surface area (Å²) in [6.07, 6.45) is 1.28. The van der Waals surface area contributed by atoms with Gasteiger partial charge < -0.3 is 19.6 Å². The molecule has 0 aromatic heterocycles. The SMILES string of the molecule is COc1ccc(N2C[C@H](C(=O)N3CCC[C@@H]3C(=O)O)CC2=O)cc1. The number of carbonyl (C=O) groups excluding carboxylic acids is 2. The molecule has 2 atom stereocenters. The number of nitrogens with zero attached hydrogens (tertiary/aromatic N) is 2. The van der Waals surface area contributed by atoms with Crippen molar-refractivity contribution in [1.29, 1.82) is 0 Å². The molecule has 2 saturated heterocycles. The molecule has 0 bridgehead atoms. The van der Waals surface area contributed by atoms with Crippen LogP contribution in [0.3, 0.4) is 0 Å². The maximum absolute atomic E-state index is 12.6. The van der Waals surface area contributed by atoms with Crippen LogP contribution in [-0.4, -0.2) is 54.0 Å². The minimum atomic E-state index is -0.975. The summed E-state index contributed by atoms with van der Waals surface area (Å²) in [4.78, 5) is 39.2. The number of rotatable bonds is 4. The van der Waals surface area contributed by atoms with Gasteiger partial charge in [0, 0.05) is 25.2 Å². The molecular weight excluding hydrogens is 312 g/mol. The lowest BCUT2D eigenvalue weighted by Gasteiger charge is -2.24. The zero-order chi connectivity index (χ0) is 17.3. The molecule has 0 saturated carbocycles. The Balaban J connectivity index is 1.71. The first kappa shape index (κ1) is 16.3. The van der Waals surface area contributed by atoms with Gasteiger partial charge in [0.1, 0.15) is 11.8 Å². The molecule has 1 aromatic rings. The van der Waals surface area contributed by atoms with Crippen molar-refractivity contribution in [3.63, 3.8) is 0 Å². The van der Waals surface area contributed by atoms with E-state index >= 15 is 0 Å². The fourth-order valence-electron chi connectivity index (χ4n) is 3.41. The van der Waals surface area contributed by atoms with Crippen LogP contribution >= 0.6 is 0 Å². The Kier molecular flexibility index (Phi) is 4.42. The molecule has 7 heteroatoms. The number of methoxy groups -OCH3 is 1. The average Bonchev–Trinajstić information content (AvgIpc) is 3.21. The van der Waals surface area contributed by atoms with Crippen LogP contribution in [0, 0.1) is 5.92 Å². The van der Waals surface area contributed by atoms with Gasteiger partial charge in [0.15, 0.2) is 0 Å². The Morgan fingerprint density at radius 1 is 1.25 bits per heavy atom. The van der Waals surface area contributed by atoms with Crippen molar-refractivity contribution in [2.75, 3.05) is 25.1 Å². The maximum Gasteiger partial charge on any atom is 0.326 e. The number of carboxylic acids is 1. The van der Waals surface area contributed by atoms with Gasteiger partial charge in [0.2, 0.25) is 11.8 Å². The number of hydrogen-bond acceptors (Lipinski definition) is 4. The molecule has 1 N–H and O–H groups in total. The highest BCUT2D eigenvalue weighted by Gasteiger charge is 2.42. The van der Waals surface area contributed by atoms with Gasteiger partial charge in [-0.25, -0.2) is 4.79 Å². The molecule has 2 amide bonds. The smallest absolute Gasteiger partial charge is 0.326 e. The lowest BCUT2D eigenvalue weighted by atomic mass is 10.1. The van der Waals surface area contributed by atoms with Crippen molar-refractivity contribution in [2.45, 2.75) is 25.3 Å². The van der Waals surface area contributed by atoms with Crippen molar-refractivity contribution in [3.05, 3.63) is 24.3 Å². The summed E-state index contributed by atoms with van der Waals surface area (Å²) in [5.74, 6) is -1.12. The Morgan fingerprint density at radius 2 is 1.96 bits per heavy atom. The van der Waals surface area contributed by atoms with E-state index in [4.69, 9.17) is 4.74 Å². The van der Waals surface area contributed by atoms with Crippen LogP contribution < -0.4 is 9.64 Å². The first-order chi connectivity index (χ1) is 11.5. The third-order valence-electron chi connectivity index (χ3n) is 4.68. The van der Waals surface area contributed by atoms with Gasteiger partial charge in [-0.3, -0.25) is 9.59 Å². The predicted molar refractivity (Wildman–Crippen MR) is 85.8 cm³/mol. The monoisotopic (exact) mass is 332 g/mol. The van der Waals surface area contributed by atoms with Gasteiger partial charge in [0.25, 0.3) is 0 Å². The van der Waals surface area contributed by atoms with E-state index in [1.54, 1.807) is 36.3 Å². The standard InChI is InChI=1S/C17H20N2O5/c1-24-13-6-4-12(5-7-13)19-10-11(9-15(19)20)16(21)18-8-2-3-14(18)17(22)23/h4-7,11,14H,2-3,8-10H2,1H3,(H,22,23)/t11-,14-/m1/s1. The van der Waals surface area contributed by atoms with Crippen LogP contribution in [0.2, 0.25) is 0 Å². The van der Waals surface area contributed by atoms with Crippen molar-refractivity contribution in [2.24, 2.45) is 5.92 Å². The highest BCUT2D eigenvalue weighted by Crippen LogP contribution is 2.29. The molecule has 24 heavy (non-hydrogen) atoms. The molecule has 7 nitrogen and oxygen atoms in total. The molecule has 128 valence electrons. The van der Waals surface area contributed by atoms with Crippen LogP contribution in [0.4, 0.5) is 5.69 Å². The van der Waals surface area contributed by atoms with Gasteiger partial charge in [-0.1, -0.05) is 0 Å². The first-order valence-electron chi connectivity index (χ1n) is 7.99. The van der Waals surface area contributed by atoms with E-state index in [9.17, 15) is 19.5 Å². The Bertz CT molecular complexity index is 657. The van der Waals surface area contributed by atoms with Gasteiger partial charge in [-0.05, 0) is 37.1 Å². The van der Waals surface area contributed by atoms with E-state index in [2.05, 4.69) is 0 Å².